The minimum Gasteiger partial charge on any atom is -0.0613 e. The molecule has 0 N–H and O–H groups in total. The third-order valence-electron chi connectivity index (χ3n) is 8.11. The van der Waals surface area contributed by atoms with Crippen molar-refractivity contribution in [1.29, 1.82) is 0 Å². The van der Waals surface area contributed by atoms with E-state index >= 15 is 0 Å². The maximum absolute atomic E-state index is 3.55. The molecule has 0 aliphatic heterocycles. The van der Waals surface area contributed by atoms with Crippen LogP contribution in [0.5, 0.6) is 0 Å². The van der Waals surface area contributed by atoms with Crippen LogP contribution in [0.1, 0.15) is 89.0 Å². The zero-order valence-corrected chi connectivity index (χ0v) is 23.2. The minimum atomic E-state index is 1.12. The first-order valence-corrected chi connectivity index (χ1v) is 12.2. The lowest BCUT2D eigenvalue weighted by atomic mass is 9.88. The molecule has 0 heteroatoms. The van der Waals surface area contributed by atoms with Gasteiger partial charge in [0, 0.05) is 22.3 Å². The first-order valence-electron chi connectivity index (χ1n) is 12.2. The van der Waals surface area contributed by atoms with Gasteiger partial charge in [-0.05, 0) is 156 Å². The molecular formula is C34H38. The summed E-state index contributed by atoms with van der Waals surface area (Å²) in [6.07, 6.45) is 0. The van der Waals surface area contributed by atoms with Crippen molar-refractivity contribution < 1.29 is 0 Å². The molecule has 0 nitrogen and oxygen atoms in total. The van der Waals surface area contributed by atoms with Crippen molar-refractivity contribution >= 4 is 0 Å². The van der Waals surface area contributed by atoms with Crippen LogP contribution in [0.3, 0.4) is 0 Å². The largest absolute Gasteiger partial charge is 0.0613 e. The Labute approximate surface area is 207 Å². The molecule has 0 aliphatic rings. The van der Waals surface area contributed by atoms with Crippen LogP contribution in [-0.2, 0) is 0 Å². The van der Waals surface area contributed by atoms with Crippen molar-refractivity contribution in [2.45, 2.75) is 83.1 Å². The van der Waals surface area contributed by atoms with Crippen LogP contribution in [0.25, 0.3) is 0 Å². The zero-order chi connectivity index (χ0) is 25.5. The van der Waals surface area contributed by atoms with Gasteiger partial charge in [-0.2, -0.15) is 0 Å². The highest BCUT2D eigenvalue weighted by Gasteiger charge is 2.13. The van der Waals surface area contributed by atoms with Gasteiger partial charge in [-0.1, -0.05) is 29.7 Å². The predicted molar refractivity (Wildman–Crippen MR) is 148 cm³/mol. The molecule has 0 atom stereocenters. The Morgan fingerprint density at radius 1 is 0.324 bits per heavy atom. The van der Waals surface area contributed by atoms with Crippen LogP contribution in [0.4, 0.5) is 0 Å². The molecule has 0 amide bonds. The highest BCUT2D eigenvalue weighted by atomic mass is 14.2. The van der Waals surface area contributed by atoms with Gasteiger partial charge < -0.3 is 0 Å². The summed E-state index contributed by atoms with van der Waals surface area (Å²) in [5.41, 5.74) is 19.9. The zero-order valence-electron chi connectivity index (χ0n) is 23.2. The average molecular weight is 447 g/mol. The van der Waals surface area contributed by atoms with Gasteiger partial charge in [0.2, 0.25) is 0 Å². The molecule has 0 saturated heterocycles. The summed E-state index contributed by atoms with van der Waals surface area (Å²) < 4.78 is 0. The molecule has 3 aromatic rings. The van der Waals surface area contributed by atoms with E-state index in [2.05, 4.69) is 119 Å². The molecule has 174 valence electrons. The van der Waals surface area contributed by atoms with E-state index < -0.39 is 0 Å². The number of aryl methyl sites for hydroxylation is 3. The van der Waals surface area contributed by atoms with E-state index in [0.29, 0.717) is 0 Å². The lowest BCUT2D eigenvalue weighted by Crippen LogP contribution is -2.02. The monoisotopic (exact) mass is 446 g/mol. The Balaban J connectivity index is 2.16. The second-order valence-corrected chi connectivity index (χ2v) is 10.0. The second-order valence-electron chi connectivity index (χ2n) is 10.0. The van der Waals surface area contributed by atoms with Crippen molar-refractivity contribution in [3.8, 4) is 23.7 Å². The van der Waals surface area contributed by atoms with Crippen molar-refractivity contribution in [1.82, 2.24) is 0 Å². The van der Waals surface area contributed by atoms with Gasteiger partial charge in [-0.15, -0.1) is 0 Å². The van der Waals surface area contributed by atoms with Crippen LogP contribution in [0.2, 0.25) is 0 Å². The third-order valence-corrected chi connectivity index (χ3v) is 8.11. The van der Waals surface area contributed by atoms with Gasteiger partial charge in [0.05, 0.1) is 0 Å². The van der Waals surface area contributed by atoms with E-state index in [1.54, 1.807) is 0 Å². The topological polar surface area (TPSA) is 0 Å². The molecule has 0 radical (unpaired) electrons. The first kappa shape index (κ1) is 25.4. The van der Waals surface area contributed by atoms with Gasteiger partial charge >= 0.3 is 0 Å². The molecule has 3 rings (SSSR count). The molecule has 0 aliphatic carbocycles. The van der Waals surface area contributed by atoms with Crippen LogP contribution < -0.4 is 0 Å². The molecule has 34 heavy (non-hydrogen) atoms. The highest BCUT2D eigenvalue weighted by molar-refractivity contribution is 5.64. The number of benzene rings is 3. The van der Waals surface area contributed by atoms with Crippen LogP contribution >= 0.6 is 0 Å². The molecule has 0 saturated carbocycles. The molecule has 0 bridgehead atoms. The number of rotatable bonds is 0. The van der Waals surface area contributed by atoms with E-state index in [1.807, 2.05) is 0 Å². The molecule has 0 aromatic heterocycles. The van der Waals surface area contributed by atoms with E-state index in [9.17, 15) is 0 Å². The fourth-order valence-electron chi connectivity index (χ4n) is 4.69. The first-order chi connectivity index (χ1) is 15.9. The van der Waals surface area contributed by atoms with Gasteiger partial charge in [0.15, 0.2) is 0 Å². The molecule has 0 fully saturated rings. The van der Waals surface area contributed by atoms with Crippen molar-refractivity contribution in [2.24, 2.45) is 0 Å². The quantitative estimate of drug-likeness (QED) is 0.305. The summed E-state index contributed by atoms with van der Waals surface area (Å²) in [5.74, 6) is 14.1. The number of hydrogen-bond donors (Lipinski definition) is 0. The lowest BCUT2D eigenvalue weighted by molar-refractivity contribution is 1.20. The summed E-state index contributed by atoms with van der Waals surface area (Å²) in [6, 6.07) is 4.48. The normalized spacial score (nSPS) is 10.5. The van der Waals surface area contributed by atoms with E-state index in [1.165, 1.54) is 66.8 Å². The summed E-state index contributed by atoms with van der Waals surface area (Å²) in [4.78, 5) is 0. The SMILES string of the molecule is Cc1cc(C#Cc2c(C)c(C)c(C#Cc3c(C)c(C)cc(C)c3C)c(C)c2C)c(C)c(C)c1C. The Morgan fingerprint density at radius 3 is 1.12 bits per heavy atom. The smallest absolute Gasteiger partial charge is 0.0313 e. The van der Waals surface area contributed by atoms with Crippen molar-refractivity contribution in [3.63, 3.8) is 0 Å². The highest BCUT2D eigenvalue weighted by Crippen LogP contribution is 2.27. The fourth-order valence-corrected chi connectivity index (χ4v) is 4.69. The fraction of sp³-hybridized carbons (Fsp3) is 0.353. The van der Waals surface area contributed by atoms with Gasteiger partial charge in [0.1, 0.15) is 0 Å². The lowest BCUT2D eigenvalue weighted by Gasteiger charge is -2.15. The second kappa shape index (κ2) is 9.57. The Bertz CT molecular complexity index is 1400. The Kier molecular flexibility index (Phi) is 7.15. The van der Waals surface area contributed by atoms with Gasteiger partial charge in [-0.25, -0.2) is 0 Å². The van der Waals surface area contributed by atoms with E-state index in [0.717, 1.165) is 22.3 Å². The van der Waals surface area contributed by atoms with Crippen LogP contribution in [0.15, 0.2) is 12.1 Å². The molecular weight excluding hydrogens is 408 g/mol. The van der Waals surface area contributed by atoms with E-state index in [-0.39, 0.29) is 0 Å². The minimum absolute atomic E-state index is 1.12. The van der Waals surface area contributed by atoms with Crippen LogP contribution in [-0.4, -0.2) is 0 Å². The molecule has 0 heterocycles. The van der Waals surface area contributed by atoms with Gasteiger partial charge in [-0.3, -0.25) is 0 Å². The summed E-state index contributed by atoms with van der Waals surface area (Å²) in [5, 5.41) is 0. The molecule has 0 unspecified atom stereocenters. The summed E-state index contributed by atoms with van der Waals surface area (Å²) in [6.45, 7) is 26.2. The standard InChI is InChI=1S/C34H38/c1-19-17-20(2)24(6)32(23(19)5)15-16-34-29(11)27(9)33(28(10)30(34)12)14-13-31-18-21(3)22(4)25(7)26(31)8/h17-18H,1-12H3. The maximum Gasteiger partial charge on any atom is 0.0313 e. The maximum atomic E-state index is 3.55. The van der Waals surface area contributed by atoms with Crippen LogP contribution in [0, 0.1) is 107 Å². The van der Waals surface area contributed by atoms with E-state index in [4.69, 9.17) is 0 Å². The third kappa shape index (κ3) is 4.43. The summed E-state index contributed by atoms with van der Waals surface area (Å²) in [7, 11) is 0. The molecule has 0 spiro atoms. The van der Waals surface area contributed by atoms with Crippen molar-refractivity contribution in [3.05, 3.63) is 101 Å². The average Bonchev–Trinajstić information content (AvgIpc) is 2.80. The van der Waals surface area contributed by atoms with Gasteiger partial charge in [0.25, 0.3) is 0 Å². The molecule has 3 aromatic carbocycles. The predicted octanol–water partition coefficient (Wildman–Crippen LogP) is 8.19. The number of hydrogen-bond acceptors (Lipinski definition) is 0. The summed E-state index contributed by atoms with van der Waals surface area (Å²) >= 11 is 0. The van der Waals surface area contributed by atoms with Crippen molar-refractivity contribution in [2.75, 3.05) is 0 Å². The Hall–Kier alpha value is -3.22. The Morgan fingerprint density at radius 2 is 0.676 bits per heavy atom.